The van der Waals surface area contributed by atoms with Gasteiger partial charge in [-0.05, 0) is 31.5 Å². The number of carbonyl (C=O) groups excluding carboxylic acids is 3. The maximum Gasteiger partial charge on any atom is 0.355 e. The highest BCUT2D eigenvalue weighted by molar-refractivity contribution is 5.99. The number of hydrogen-bond acceptors (Lipinski definition) is 6. The summed E-state index contributed by atoms with van der Waals surface area (Å²) in [5.41, 5.74) is 1.80. The Morgan fingerprint density at radius 3 is 2.37 bits per heavy atom. The third-order valence-corrected chi connectivity index (χ3v) is 5.18. The number of para-hydroxylation sites is 1. The number of H-pyrrole nitrogens is 1. The topological polar surface area (TPSA) is 91.9 Å². The largest absolute Gasteiger partial charge is 0.465 e. The van der Waals surface area contributed by atoms with Gasteiger partial charge in [0.1, 0.15) is 11.5 Å². The smallest absolute Gasteiger partial charge is 0.355 e. The van der Waals surface area contributed by atoms with Crippen molar-refractivity contribution in [2.45, 2.75) is 13.8 Å². The number of ether oxygens (including phenoxy) is 2. The third kappa shape index (κ3) is 4.29. The number of piperazine rings is 1. The van der Waals surface area contributed by atoms with Crippen LogP contribution in [0.15, 0.2) is 24.3 Å². The molecule has 1 aliphatic rings. The van der Waals surface area contributed by atoms with Crippen LogP contribution in [0.4, 0.5) is 10.1 Å². The number of anilines is 1. The van der Waals surface area contributed by atoms with Gasteiger partial charge >= 0.3 is 11.9 Å². The van der Waals surface area contributed by atoms with Gasteiger partial charge in [-0.15, -0.1) is 0 Å². The van der Waals surface area contributed by atoms with Crippen molar-refractivity contribution in [1.82, 2.24) is 9.88 Å². The Hall–Kier alpha value is -3.36. The summed E-state index contributed by atoms with van der Waals surface area (Å²) in [6, 6.07) is 6.51. The molecule has 0 atom stereocenters. The molecule has 2 heterocycles. The van der Waals surface area contributed by atoms with Gasteiger partial charge in [0.2, 0.25) is 0 Å². The number of rotatable bonds is 5. The van der Waals surface area contributed by atoms with Crippen molar-refractivity contribution in [3.05, 3.63) is 52.6 Å². The number of nitrogens with one attached hydrogen (secondary N) is 1. The van der Waals surface area contributed by atoms with Crippen molar-refractivity contribution in [3.63, 3.8) is 0 Å². The highest BCUT2D eigenvalue weighted by Crippen LogP contribution is 2.21. The van der Waals surface area contributed by atoms with E-state index < -0.39 is 18.5 Å². The van der Waals surface area contributed by atoms with Gasteiger partial charge in [0.05, 0.1) is 18.4 Å². The molecule has 9 heteroatoms. The van der Waals surface area contributed by atoms with Crippen LogP contribution >= 0.6 is 0 Å². The van der Waals surface area contributed by atoms with Crippen molar-refractivity contribution < 1.29 is 28.2 Å². The molecule has 2 aromatic rings. The Kier molecular flexibility index (Phi) is 6.39. The van der Waals surface area contributed by atoms with Gasteiger partial charge in [0.25, 0.3) is 5.91 Å². The zero-order valence-corrected chi connectivity index (χ0v) is 17.2. The molecule has 0 spiro atoms. The van der Waals surface area contributed by atoms with Crippen LogP contribution in [-0.2, 0) is 14.3 Å². The molecule has 160 valence electrons. The molecule has 1 fully saturated rings. The van der Waals surface area contributed by atoms with E-state index in [0.29, 0.717) is 43.1 Å². The van der Waals surface area contributed by atoms with E-state index in [4.69, 9.17) is 9.47 Å². The van der Waals surface area contributed by atoms with E-state index in [-0.39, 0.29) is 23.0 Å². The third-order valence-electron chi connectivity index (χ3n) is 5.18. The van der Waals surface area contributed by atoms with Crippen LogP contribution < -0.4 is 4.90 Å². The number of methoxy groups -OCH3 is 1. The Balaban J connectivity index is 1.55. The molecule has 0 saturated carbocycles. The first-order valence-corrected chi connectivity index (χ1v) is 9.55. The van der Waals surface area contributed by atoms with Crippen LogP contribution in [0.25, 0.3) is 0 Å². The molecule has 3 rings (SSSR count). The van der Waals surface area contributed by atoms with Crippen LogP contribution in [0.1, 0.15) is 32.1 Å². The fourth-order valence-corrected chi connectivity index (χ4v) is 3.56. The average molecular weight is 417 g/mol. The lowest BCUT2D eigenvalue weighted by atomic mass is 10.1. The molecular formula is C21H24FN3O5. The van der Waals surface area contributed by atoms with Gasteiger partial charge < -0.3 is 24.3 Å². The van der Waals surface area contributed by atoms with E-state index in [0.717, 1.165) is 0 Å². The summed E-state index contributed by atoms with van der Waals surface area (Å²) in [4.78, 5) is 42.9. The van der Waals surface area contributed by atoms with Gasteiger partial charge in [0.15, 0.2) is 6.61 Å². The number of aryl methyl sites for hydroxylation is 1. The fraction of sp³-hybridized carbons (Fsp3) is 0.381. The van der Waals surface area contributed by atoms with Crippen molar-refractivity contribution >= 4 is 23.5 Å². The number of nitrogens with zero attached hydrogens (tertiary/aromatic N) is 2. The van der Waals surface area contributed by atoms with E-state index in [1.165, 1.54) is 13.2 Å². The molecule has 0 bridgehead atoms. The highest BCUT2D eigenvalue weighted by atomic mass is 19.1. The number of esters is 2. The normalized spacial score (nSPS) is 13.9. The first-order chi connectivity index (χ1) is 14.3. The summed E-state index contributed by atoms with van der Waals surface area (Å²) >= 11 is 0. The number of halogens is 1. The number of carbonyl (C=O) groups is 3. The van der Waals surface area contributed by atoms with Crippen molar-refractivity contribution in [1.29, 1.82) is 0 Å². The van der Waals surface area contributed by atoms with Gasteiger partial charge in [-0.25, -0.2) is 14.0 Å². The molecule has 30 heavy (non-hydrogen) atoms. The molecule has 1 amide bonds. The molecule has 0 radical (unpaired) electrons. The van der Waals surface area contributed by atoms with Crippen molar-refractivity contribution in [2.24, 2.45) is 0 Å². The Labute approximate surface area is 173 Å². The second-order valence-electron chi connectivity index (χ2n) is 7.01. The number of amides is 1. The molecule has 0 aliphatic carbocycles. The van der Waals surface area contributed by atoms with E-state index in [1.54, 1.807) is 36.9 Å². The monoisotopic (exact) mass is 417 g/mol. The minimum absolute atomic E-state index is 0.116. The first kappa shape index (κ1) is 21.4. The molecule has 1 aromatic carbocycles. The molecule has 1 saturated heterocycles. The number of benzene rings is 1. The van der Waals surface area contributed by atoms with Crippen molar-refractivity contribution in [3.8, 4) is 0 Å². The summed E-state index contributed by atoms with van der Waals surface area (Å²) in [7, 11) is 1.26. The Morgan fingerprint density at radius 1 is 1.07 bits per heavy atom. The minimum Gasteiger partial charge on any atom is -0.465 e. The lowest BCUT2D eigenvalue weighted by Gasteiger charge is -2.36. The summed E-state index contributed by atoms with van der Waals surface area (Å²) in [6.45, 7) is 4.61. The molecule has 1 aromatic heterocycles. The maximum atomic E-state index is 13.9. The summed E-state index contributed by atoms with van der Waals surface area (Å²) in [5, 5.41) is 0. The second kappa shape index (κ2) is 8.98. The van der Waals surface area contributed by atoms with Crippen LogP contribution in [-0.4, -0.2) is 67.6 Å². The molecular weight excluding hydrogens is 393 g/mol. The summed E-state index contributed by atoms with van der Waals surface area (Å²) in [5.74, 6) is -1.90. The van der Waals surface area contributed by atoms with Crippen LogP contribution in [0.5, 0.6) is 0 Å². The van der Waals surface area contributed by atoms with Gasteiger partial charge in [-0.1, -0.05) is 12.1 Å². The molecule has 8 nitrogen and oxygen atoms in total. The number of aromatic amines is 1. The van der Waals surface area contributed by atoms with E-state index in [1.807, 2.05) is 4.90 Å². The first-order valence-electron chi connectivity index (χ1n) is 9.55. The van der Waals surface area contributed by atoms with Crippen LogP contribution in [0.2, 0.25) is 0 Å². The highest BCUT2D eigenvalue weighted by Gasteiger charge is 2.26. The van der Waals surface area contributed by atoms with Gasteiger partial charge in [0, 0.05) is 31.9 Å². The van der Waals surface area contributed by atoms with E-state index >= 15 is 0 Å². The predicted octanol–water partition coefficient (Wildman–Crippen LogP) is 2.06. The van der Waals surface area contributed by atoms with E-state index in [9.17, 15) is 18.8 Å². The molecule has 1 aliphatic heterocycles. The molecule has 1 N–H and O–H groups in total. The van der Waals surface area contributed by atoms with E-state index in [2.05, 4.69) is 4.98 Å². The Morgan fingerprint density at radius 2 is 1.73 bits per heavy atom. The number of hydrogen-bond donors (Lipinski definition) is 1. The lowest BCUT2D eigenvalue weighted by molar-refractivity contribution is -0.134. The average Bonchev–Trinajstić information content (AvgIpc) is 3.05. The van der Waals surface area contributed by atoms with Gasteiger partial charge in [-0.2, -0.15) is 0 Å². The standard InChI is InChI=1S/C21H24FN3O5/c1-13-18(20(27)29-3)14(2)23-19(13)21(28)30-12-17(26)25-10-8-24(9-11-25)16-7-5-4-6-15(16)22/h4-7,23H,8-12H2,1-3H3. The predicted molar refractivity (Wildman–Crippen MR) is 107 cm³/mol. The lowest BCUT2D eigenvalue weighted by Crippen LogP contribution is -2.50. The number of aromatic nitrogens is 1. The van der Waals surface area contributed by atoms with Crippen molar-refractivity contribution in [2.75, 3.05) is 44.8 Å². The molecule has 0 unspecified atom stereocenters. The summed E-state index contributed by atoms with van der Waals surface area (Å²) in [6.07, 6.45) is 0. The van der Waals surface area contributed by atoms with Crippen LogP contribution in [0, 0.1) is 19.7 Å². The SMILES string of the molecule is COC(=O)c1c(C)[nH]c(C(=O)OCC(=O)N2CCN(c3ccccc3F)CC2)c1C. The zero-order chi connectivity index (χ0) is 21.8. The zero-order valence-electron chi connectivity index (χ0n) is 17.2. The Bertz CT molecular complexity index is 964. The minimum atomic E-state index is -0.718. The summed E-state index contributed by atoms with van der Waals surface area (Å²) < 4.78 is 23.8. The fourth-order valence-electron chi connectivity index (χ4n) is 3.56. The second-order valence-corrected chi connectivity index (χ2v) is 7.01. The van der Waals surface area contributed by atoms with Crippen LogP contribution in [0.3, 0.4) is 0 Å². The van der Waals surface area contributed by atoms with Gasteiger partial charge in [-0.3, -0.25) is 4.79 Å². The quantitative estimate of drug-likeness (QED) is 0.749. The maximum absolute atomic E-state index is 13.9.